The van der Waals surface area contributed by atoms with Gasteiger partial charge in [-0.3, -0.25) is 9.78 Å². The van der Waals surface area contributed by atoms with Crippen molar-refractivity contribution in [2.24, 2.45) is 0 Å². The second-order valence-corrected chi connectivity index (χ2v) is 7.13. The molecule has 1 saturated heterocycles. The molecule has 0 radical (unpaired) electrons. The van der Waals surface area contributed by atoms with E-state index in [0.717, 1.165) is 5.56 Å². The van der Waals surface area contributed by atoms with E-state index in [0.29, 0.717) is 49.3 Å². The number of halogens is 1. The van der Waals surface area contributed by atoms with Gasteiger partial charge in [-0.15, -0.1) is 0 Å². The van der Waals surface area contributed by atoms with Crippen LogP contribution in [-0.4, -0.2) is 52.1 Å². The quantitative estimate of drug-likeness (QED) is 0.629. The molecule has 8 nitrogen and oxygen atoms in total. The van der Waals surface area contributed by atoms with Gasteiger partial charge < -0.3 is 20.3 Å². The number of nitrogens with zero attached hydrogens (tertiary/aromatic N) is 4. The summed E-state index contributed by atoms with van der Waals surface area (Å²) < 4.78 is 18.7. The van der Waals surface area contributed by atoms with Gasteiger partial charge in [0.25, 0.3) is 5.91 Å². The lowest BCUT2D eigenvalue weighted by Crippen LogP contribution is -2.41. The lowest BCUT2D eigenvalue weighted by Gasteiger charge is -2.28. The molecule has 1 fully saturated rings. The zero-order valence-electron chi connectivity index (χ0n) is 17.1. The van der Waals surface area contributed by atoms with Crippen LogP contribution in [0.2, 0.25) is 0 Å². The summed E-state index contributed by atoms with van der Waals surface area (Å²) in [7, 11) is 0. The summed E-state index contributed by atoms with van der Waals surface area (Å²) in [5.41, 5.74) is 1.33. The zero-order chi connectivity index (χ0) is 21.6. The van der Waals surface area contributed by atoms with Crippen molar-refractivity contribution in [3.8, 4) is 0 Å². The van der Waals surface area contributed by atoms with E-state index < -0.39 is 0 Å². The summed E-state index contributed by atoms with van der Waals surface area (Å²) in [4.78, 5) is 27.8. The van der Waals surface area contributed by atoms with Crippen molar-refractivity contribution in [2.75, 3.05) is 36.9 Å². The maximum atomic E-state index is 13.3. The minimum Gasteiger partial charge on any atom is -0.378 e. The third kappa shape index (κ3) is 5.13. The van der Waals surface area contributed by atoms with Gasteiger partial charge >= 0.3 is 0 Å². The maximum Gasteiger partial charge on any atom is 0.257 e. The maximum absolute atomic E-state index is 13.3. The van der Waals surface area contributed by atoms with Crippen LogP contribution in [0.25, 0.3) is 0 Å². The number of amides is 1. The van der Waals surface area contributed by atoms with E-state index in [4.69, 9.17) is 4.74 Å². The number of anilines is 3. The molecule has 3 heterocycles. The summed E-state index contributed by atoms with van der Waals surface area (Å²) in [5, 5.41) is 6.40. The molecule has 4 rings (SSSR count). The second kappa shape index (κ2) is 9.48. The number of carbonyl (C=O) groups excluding carboxylic acids is 1. The number of ether oxygens (including phenoxy) is 1. The van der Waals surface area contributed by atoms with Crippen LogP contribution >= 0.6 is 0 Å². The van der Waals surface area contributed by atoms with Gasteiger partial charge in [0.05, 0.1) is 25.0 Å². The Labute approximate surface area is 179 Å². The van der Waals surface area contributed by atoms with E-state index in [1.165, 1.54) is 12.1 Å². The number of aromatic nitrogens is 3. The third-order valence-corrected chi connectivity index (χ3v) is 4.97. The number of nitrogens with one attached hydrogen (secondary N) is 2. The van der Waals surface area contributed by atoms with E-state index in [1.54, 1.807) is 47.8 Å². The van der Waals surface area contributed by atoms with Gasteiger partial charge in [-0.25, -0.2) is 14.4 Å². The van der Waals surface area contributed by atoms with Gasteiger partial charge in [0.1, 0.15) is 23.3 Å². The van der Waals surface area contributed by atoms with E-state index >= 15 is 0 Å². The smallest absolute Gasteiger partial charge is 0.257 e. The molecule has 1 unspecified atom stereocenters. The van der Waals surface area contributed by atoms with Crippen LogP contribution in [0, 0.1) is 5.82 Å². The van der Waals surface area contributed by atoms with Gasteiger partial charge in [0.15, 0.2) is 0 Å². The predicted molar refractivity (Wildman–Crippen MR) is 115 cm³/mol. The Morgan fingerprint density at radius 1 is 1.10 bits per heavy atom. The Morgan fingerprint density at radius 3 is 2.58 bits per heavy atom. The predicted octanol–water partition coefficient (Wildman–Crippen LogP) is 3.40. The number of benzene rings is 1. The number of pyridine rings is 1. The van der Waals surface area contributed by atoms with Gasteiger partial charge in [-0.1, -0.05) is 12.1 Å². The molecule has 9 heteroatoms. The minimum absolute atomic E-state index is 0.115. The van der Waals surface area contributed by atoms with Crippen LogP contribution in [0.15, 0.2) is 55.0 Å². The molecule has 0 bridgehead atoms. The van der Waals surface area contributed by atoms with Crippen molar-refractivity contribution in [1.82, 2.24) is 19.9 Å². The first-order valence-corrected chi connectivity index (χ1v) is 10.0. The molecule has 1 atom stereocenters. The molecule has 3 aromatic rings. The monoisotopic (exact) mass is 422 g/mol. The number of hydrogen-bond acceptors (Lipinski definition) is 7. The fraction of sp³-hybridized carbons (Fsp3) is 0.273. The first-order valence-electron chi connectivity index (χ1n) is 10.0. The van der Waals surface area contributed by atoms with Crippen LogP contribution in [0.3, 0.4) is 0 Å². The molecule has 1 amide bonds. The molecule has 2 aromatic heterocycles. The van der Waals surface area contributed by atoms with E-state index in [1.807, 2.05) is 6.92 Å². The summed E-state index contributed by atoms with van der Waals surface area (Å²) in [6, 6.07) is 9.51. The van der Waals surface area contributed by atoms with Crippen LogP contribution in [-0.2, 0) is 4.74 Å². The highest BCUT2D eigenvalue weighted by atomic mass is 19.1. The summed E-state index contributed by atoms with van der Waals surface area (Å²) in [6.45, 7) is 4.03. The number of carbonyl (C=O) groups is 1. The fourth-order valence-electron chi connectivity index (χ4n) is 3.28. The van der Waals surface area contributed by atoms with Crippen molar-refractivity contribution >= 4 is 23.4 Å². The van der Waals surface area contributed by atoms with Crippen LogP contribution in [0.4, 0.5) is 21.8 Å². The Morgan fingerprint density at radius 2 is 1.87 bits per heavy atom. The summed E-state index contributed by atoms with van der Waals surface area (Å²) in [5.74, 6) is 1.08. The lowest BCUT2D eigenvalue weighted by atomic mass is 10.1. The van der Waals surface area contributed by atoms with Crippen molar-refractivity contribution in [1.29, 1.82) is 0 Å². The van der Waals surface area contributed by atoms with Crippen molar-refractivity contribution in [3.05, 3.63) is 71.9 Å². The molecular formula is C22H23FN6O2. The average Bonchev–Trinajstić information content (AvgIpc) is 2.80. The Bertz CT molecular complexity index is 1030. The zero-order valence-corrected chi connectivity index (χ0v) is 17.1. The lowest BCUT2D eigenvalue weighted by molar-refractivity contribution is 0.0303. The highest BCUT2D eigenvalue weighted by Gasteiger charge is 2.23. The molecule has 160 valence electrons. The molecule has 1 aliphatic rings. The Kier molecular flexibility index (Phi) is 6.32. The van der Waals surface area contributed by atoms with Gasteiger partial charge in [0.2, 0.25) is 0 Å². The molecule has 1 aromatic carbocycles. The molecule has 31 heavy (non-hydrogen) atoms. The molecular weight excluding hydrogens is 399 g/mol. The van der Waals surface area contributed by atoms with Gasteiger partial charge in [-0.2, -0.15) is 0 Å². The van der Waals surface area contributed by atoms with Gasteiger partial charge in [-0.05, 0) is 36.8 Å². The SMILES string of the molecule is CC(Nc1nc(Nc2cnccn2)ccc1C(=O)N1CCOCC1)c1ccc(F)cc1. The van der Waals surface area contributed by atoms with Crippen molar-refractivity contribution in [2.45, 2.75) is 13.0 Å². The Hall–Kier alpha value is -3.59. The largest absolute Gasteiger partial charge is 0.378 e. The number of rotatable bonds is 6. The van der Waals surface area contributed by atoms with Crippen molar-refractivity contribution in [3.63, 3.8) is 0 Å². The van der Waals surface area contributed by atoms with Crippen LogP contribution in [0.5, 0.6) is 0 Å². The highest BCUT2D eigenvalue weighted by molar-refractivity contribution is 5.99. The Balaban J connectivity index is 1.63. The number of hydrogen-bond donors (Lipinski definition) is 2. The first kappa shape index (κ1) is 20.7. The fourth-order valence-corrected chi connectivity index (χ4v) is 3.28. The van der Waals surface area contributed by atoms with E-state index in [2.05, 4.69) is 25.6 Å². The first-order chi connectivity index (χ1) is 15.1. The molecule has 2 N–H and O–H groups in total. The van der Waals surface area contributed by atoms with Crippen LogP contribution < -0.4 is 10.6 Å². The number of morpholine rings is 1. The highest BCUT2D eigenvalue weighted by Crippen LogP contribution is 2.25. The summed E-state index contributed by atoms with van der Waals surface area (Å²) in [6.07, 6.45) is 4.75. The average molecular weight is 422 g/mol. The van der Waals surface area contributed by atoms with Crippen molar-refractivity contribution < 1.29 is 13.9 Å². The third-order valence-electron chi connectivity index (χ3n) is 4.97. The topological polar surface area (TPSA) is 92.3 Å². The standard InChI is InChI=1S/C22H23FN6O2/c1-15(16-2-4-17(23)5-3-16)26-21-18(22(30)29-10-12-31-13-11-29)6-7-19(28-21)27-20-14-24-8-9-25-20/h2-9,14-15H,10-13H2,1H3,(H2,25,26,27,28). The molecule has 0 spiro atoms. The summed E-state index contributed by atoms with van der Waals surface area (Å²) >= 11 is 0. The van der Waals surface area contributed by atoms with Crippen LogP contribution in [0.1, 0.15) is 28.9 Å². The molecule has 0 saturated carbocycles. The normalized spacial score (nSPS) is 14.7. The van der Waals surface area contributed by atoms with Gasteiger partial charge in [0, 0.05) is 31.5 Å². The molecule has 1 aliphatic heterocycles. The molecule has 0 aliphatic carbocycles. The van der Waals surface area contributed by atoms with E-state index in [9.17, 15) is 9.18 Å². The minimum atomic E-state index is -0.299. The second-order valence-electron chi connectivity index (χ2n) is 7.13. The van der Waals surface area contributed by atoms with E-state index in [-0.39, 0.29) is 17.8 Å².